The van der Waals surface area contributed by atoms with E-state index in [4.69, 9.17) is 21.1 Å². The number of nitriles is 1. The lowest BCUT2D eigenvalue weighted by Crippen LogP contribution is -2.55. The van der Waals surface area contributed by atoms with Crippen LogP contribution in [-0.4, -0.2) is 63.4 Å². The van der Waals surface area contributed by atoms with Crippen molar-refractivity contribution in [3.8, 4) is 29.2 Å². The number of piperidine rings is 1. The van der Waals surface area contributed by atoms with Gasteiger partial charge >= 0.3 is 6.01 Å². The number of ether oxygens (including phenoxy) is 2. The minimum Gasteiger partial charge on any atom is -0.480 e. The lowest BCUT2D eigenvalue weighted by molar-refractivity contribution is -0.127. The number of benzene rings is 1. The van der Waals surface area contributed by atoms with Gasteiger partial charge in [-0.1, -0.05) is 6.07 Å². The molecule has 12 heteroatoms. The summed E-state index contributed by atoms with van der Waals surface area (Å²) >= 11 is 6.40. The highest BCUT2D eigenvalue weighted by molar-refractivity contribution is 6.21. The van der Waals surface area contributed by atoms with Gasteiger partial charge in [-0.3, -0.25) is 9.59 Å². The Morgan fingerprint density at radius 2 is 1.97 bits per heavy atom. The van der Waals surface area contributed by atoms with Crippen LogP contribution >= 0.6 is 11.6 Å². The Hall–Kier alpha value is -4.17. The van der Waals surface area contributed by atoms with Gasteiger partial charge in [0.15, 0.2) is 0 Å². The van der Waals surface area contributed by atoms with Gasteiger partial charge in [0, 0.05) is 18.8 Å². The number of nitrogens with one attached hydrogen (secondary N) is 1. The number of alkyl halides is 1. The maximum atomic E-state index is 14.9. The van der Waals surface area contributed by atoms with Crippen LogP contribution in [0, 0.1) is 17.1 Å². The van der Waals surface area contributed by atoms with Crippen LogP contribution < -0.4 is 14.8 Å². The van der Waals surface area contributed by atoms with E-state index in [0.717, 1.165) is 0 Å². The van der Waals surface area contributed by atoms with Crippen molar-refractivity contribution in [1.82, 2.24) is 24.8 Å². The Balaban J connectivity index is 1.75. The fourth-order valence-electron chi connectivity index (χ4n) is 5.36. The van der Waals surface area contributed by atoms with Gasteiger partial charge in [-0.15, -0.1) is 11.6 Å². The zero-order valence-corrected chi connectivity index (χ0v) is 22.5. The summed E-state index contributed by atoms with van der Waals surface area (Å²) in [6, 6.07) is 6.03. The van der Waals surface area contributed by atoms with Crippen molar-refractivity contribution in [2.24, 2.45) is 0 Å². The number of hydrogen-bond acceptors (Lipinski definition) is 7. The molecule has 2 aliphatic rings. The van der Waals surface area contributed by atoms with E-state index in [2.05, 4.69) is 15.3 Å². The molecule has 3 unspecified atom stereocenters. The molecule has 0 radical (unpaired) electrons. The van der Waals surface area contributed by atoms with Gasteiger partial charge in [-0.05, 0) is 44.0 Å². The largest absolute Gasteiger partial charge is 0.480 e. The van der Waals surface area contributed by atoms with Crippen LogP contribution in [0.2, 0.25) is 0 Å². The molecule has 0 saturated carbocycles. The fraction of sp³-hybridized carbons (Fsp3) is 0.370. The quantitative estimate of drug-likeness (QED) is 0.464. The SMILES string of the molecule is COc1ncc(-c2cc3c(n2C(C)C)C(c2ccc(C#N)c(F)c2)N(C2CC(Cl)CNC2=O)C3=O)c(OC)n1. The van der Waals surface area contributed by atoms with Crippen LogP contribution in [-0.2, 0) is 4.79 Å². The number of halogens is 2. The average molecular weight is 553 g/mol. The lowest BCUT2D eigenvalue weighted by atomic mass is 9.97. The second-order valence-corrected chi connectivity index (χ2v) is 10.2. The van der Waals surface area contributed by atoms with Crippen LogP contribution in [0.5, 0.6) is 11.9 Å². The molecule has 0 bridgehead atoms. The van der Waals surface area contributed by atoms with Crippen LogP contribution in [0.25, 0.3) is 11.3 Å². The third-order valence-corrected chi connectivity index (χ3v) is 7.36. The molecule has 1 saturated heterocycles. The summed E-state index contributed by atoms with van der Waals surface area (Å²) in [5.41, 5.74) is 2.39. The van der Waals surface area contributed by atoms with E-state index in [1.54, 1.807) is 18.3 Å². The third-order valence-electron chi connectivity index (χ3n) is 7.02. The summed E-state index contributed by atoms with van der Waals surface area (Å²) in [6.07, 6.45) is 1.80. The molecule has 1 N–H and O–H groups in total. The number of nitrogens with zero attached hydrogens (tertiary/aromatic N) is 5. The Morgan fingerprint density at radius 3 is 2.62 bits per heavy atom. The molecule has 10 nitrogen and oxygen atoms in total. The summed E-state index contributed by atoms with van der Waals surface area (Å²) in [5.74, 6) is -1.18. The standard InChI is InChI=1S/C27H26ClFN6O4/c1-13(2)34-20(18-12-32-27(39-4)33-25(18)38-3)9-17-23(34)22(14-5-6-15(10-30)19(29)7-14)35(26(17)37)21-8-16(28)11-31-24(21)36/h5-7,9,12-13,16,21-22H,8,11H2,1-4H3,(H,31,36). The summed E-state index contributed by atoms with van der Waals surface area (Å²) in [6.45, 7) is 4.19. The highest BCUT2D eigenvalue weighted by Gasteiger charge is 2.48. The minimum absolute atomic E-state index is 0.119. The van der Waals surface area contributed by atoms with E-state index in [1.165, 1.54) is 31.3 Å². The molecule has 3 atom stereocenters. The Morgan fingerprint density at radius 1 is 1.21 bits per heavy atom. The first-order chi connectivity index (χ1) is 18.7. The van der Waals surface area contributed by atoms with Crippen molar-refractivity contribution >= 4 is 23.4 Å². The van der Waals surface area contributed by atoms with Crippen molar-refractivity contribution in [2.45, 2.75) is 43.8 Å². The van der Waals surface area contributed by atoms with Crippen molar-refractivity contribution in [3.05, 3.63) is 58.7 Å². The van der Waals surface area contributed by atoms with Gasteiger partial charge in [0.05, 0.1) is 53.7 Å². The summed E-state index contributed by atoms with van der Waals surface area (Å²) < 4.78 is 27.5. The highest BCUT2D eigenvalue weighted by atomic mass is 35.5. The monoisotopic (exact) mass is 552 g/mol. The van der Waals surface area contributed by atoms with Crippen LogP contribution in [0.4, 0.5) is 4.39 Å². The number of carbonyl (C=O) groups is 2. The second-order valence-electron chi connectivity index (χ2n) is 9.63. The molecule has 0 aliphatic carbocycles. The number of rotatable bonds is 6. The molecule has 2 aliphatic heterocycles. The van der Waals surface area contributed by atoms with Gasteiger partial charge < -0.3 is 24.3 Å². The fourth-order valence-corrected chi connectivity index (χ4v) is 5.60. The summed E-state index contributed by atoms with van der Waals surface area (Å²) in [7, 11) is 2.92. The first kappa shape index (κ1) is 26.4. The Bertz CT molecular complexity index is 1520. The Labute approximate surface area is 229 Å². The predicted molar refractivity (Wildman–Crippen MR) is 139 cm³/mol. The van der Waals surface area contributed by atoms with Gasteiger partial charge in [0.1, 0.15) is 17.9 Å². The van der Waals surface area contributed by atoms with Crippen LogP contribution in [0.3, 0.4) is 0 Å². The molecule has 5 rings (SSSR count). The smallest absolute Gasteiger partial charge is 0.319 e. The topological polar surface area (TPSA) is 122 Å². The number of hydrogen-bond donors (Lipinski definition) is 1. The zero-order chi connectivity index (χ0) is 28.0. The van der Waals surface area contributed by atoms with E-state index < -0.39 is 17.9 Å². The highest BCUT2D eigenvalue weighted by Crippen LogP contribution is 2.47. The maximum absolute atomic E-state index is 14.9. The van der Waals surface area contributed by atoms with Crippen LogP contribution in [0.15, 0.2) is 30.5 Å². The molecule has 202 valence electrons. The molecule has 3 aromatic rings. The summed E-state index contributed by atoms with van der Waals surface area (Å²) in [5, 5.41) is 11.7. The average Bonchev–Trinajstić information content (AvgIpc) is 3.44. The van der Waals surface area contributed by atoms with Gasteiger partial charge in [-0.2, -0.15) is 10.2 Å². The molecule has 1 aromatic carbocycles. The molecule has 2 aromatic heterocycles. The maximum Gasteiger partial charge on any atom is 0.319 e. The van der Waals surface area contributed by atoms with Gasteiger partial charge in [0.2, 0.25) is 11.8 Å². The predicted octanol–water partition coefficient (Wildman–Crippen LogP) is 3.60. The molecule has 4 heterocycles. The van der Waals surface area contributed by atoms with Gasteiger partial charge in [0.25, 0.3) is 5.91 Å². The number of fused-ring (bicyclic) bond motifs is 1. The molecule has 1 fully saturated rings. The first-order valence-corrected chi connectivity index (χ1v) is 12.8. The normalized spacial score (nSPS) is 20.6. The molecule has 2 amide bonds. The third kappa shape index (κ3) is 4.34. The van der Waals surface area contributed by atoms with E-state index in [0.29, 0.717) is 34.6 Å². The number of carbonyl (C=O) groups excluding carboxylic acids is 2. The number of aromatic nitrogens is 3. The van der Waals surface area contributed by atoms with E-state index in [9.17, 15) is 19.2 Å². The van der Waals surface area contributed by atoms with Crippen molar-refractivity contribution < 1.29 is 23.5 Å². The number of methoxy groups -OCH3 is 2. The van der Waals surface area contributed by atoms with E-state index in [-0.39, 0.29) is 47.1 Å². The van der Waals surface area contributed by atoms with Crippen molar-refractivity contribution in [3.63, 3.8) is 0 Å². The molecular weight excluding hydrogens is 527 g/mol. The lowest BCUT2D eigenvalue weighted by Gasteiger charge is -2.37. The van der Waals surface area contributed by atoms with E-state index in [1.807, 2.05) is 24.5 Å². The van der Waals surface area contributed by atoms with Gasteiger partial charge in [-0.25, -0.2) is 9.37 Å². The summed E-state index contributed by atoms with van der Waals surface area (Å²) in [4.78, 5) is 37.1. The Kier molecular flexibility index (Phi) is 6.91. The zero-order valence-electron chi connectivity index (χ0n) is 21.7. The molecule has 39 heavy (non-hydrogen) atoms. The van der Waals surface area contributed by atoms with Crippen LogP contribution in [0.1, 0.15) is 59.5 Å². The minimum atomic E-state index is -0.868. The first-order valence-electron chi connectivity index (χ1n) is 12.3. The molecular formula is C27H26ClFN6O4. The number of amides is 2. The van der Waals surface area contributed by atoms with E-state index >= 15 is 0 Å². The van der Waals surface area contributed by atoms with Crippen molar-refractivity contribution in [2.75, 3.05) is 20.8 Å². The second kappa shape index (κ2) is 10.2. The molecule has 0 spiro atoms. The van der Waals surface area contributed by atoms with Crippen molar-refractivity contribution in [1.29, 1.82) is 5.26 Å².